The zero-order valence-corrected chi connectivity index (χ0v) is 17.5. The van der Waals surface area contributed by atoms with Crippen molar-refractivity contribution >= 4 is 11.8 Å². The molecule has 0 saturated heterocycles. The third-order valence-corrected chi connectivity index (χ3v) is 4.35. The molecule has 0 aliphatic carbocycles. The molecule has 0 aliphatic rings. The summed E-state index contributed by atoms with van der Waals surface area (Å²) in [5.74, 6) is 0.883. The summed E-state index contributed by atoms with van der Waals surface area (Å²) in [4.78, 5) is 25.1. The highest BCUT2D eigenvalue weighted by Gasteiger charge is 2.24. The van der Waals surface area contributed by atoms with Gasteiger partial charge in [0.2, 0.25) is 5.91 Å². The van der Waals surface area contributed by atoms with Crippen LogP contribution in [0.25, 0.3) is 0 Å². The number of ether oxygens (including phenoxy) is 2. The Morgan fingerprint density at radius 3 is 2.10 bits per heavy atom. The minimum absolute atomic E-state index is 0.0559. The molecule has 0 radical (unpaired) electrons. The Labute approximate surface area is 172 Å². The number of amides is 2. The molecule has 6 nitrogen and oxygen atoms in total. The van der Waals surface area contributed by atoms with E-state index in [1.807, 2.05) is 52.0 Å². The Morgan fingerprint density at radius 1 is 0.931 bits per heavy atom. The zero-order valence-electron chi connectivity index (χ0n) is 17.5. The van der Waals surface area contributed by atoms with Crippen molar-refractivity contribution in [3.05, 3.63) is 59.7 Å². The number of rotatable bonds is 10. The number of aryl methyl sites for hydroxylation is 1. The van der Waals surface area contributed by atoms with Crippen molar-refractivity contribution in [2.24, 2.45) is 5.92 Å². The highest BCUT2D eigenvalue weighted by atomic mass is 16.5. The Kier molecular flexibility index (Phi) is 8.52. The molecule has 0 aliphatic heterocycles. The molecule has 0 heterocycles. The lowest BCUT2D eigenvalue weighted by Gasteiger charge is -2.22. The average Bonchev–Trinajstić information content (AvgIpc) is 2.71. The van der Waals surface area contributed by atoms with E-state index in [2.05, 4.69) is 10.6 Å². The van der Waals surface area contributed by atoms with Gasteiger partial charge in [-0.1, -0.05) is 31.5 Å². The molecule has 29 heavy (non-hydrogen) atoms. The molecule has 156 valence electrons. The van der Waals surface area contributed by atoms with E-state index in [4.69, 9.17) is 9.47 Å². The van der Waals surface area contributed by atoms with Gasteiger partial charge in [0.25, 0.3) is 5.91 Å². The quantitative estimate of drug-likeness (QED) is 0.602. The van der Waals surface area contributed by atoms with Crippen LogP contribution >= 0.6 is 0 Å². The molecular formula is C23H30N2O4. The van der Waals surface area contributed by atoms with Crippen LogP contribution < -0.4 is 20.1 Å². The number of hydrogen-bond donors (Lipinski definition) is 2. The molecule has 2 aromatic carbocycles. The van der Waals surface area contributed by atoms with Crippen molar-refractivity contribution < 1.29 is 19.1 Å². The van der Waals surface area contributed by atoms with Crippen LogP contribution in [0.15, 0.2) is 48.5 Å². The van der Waals surface area contributed by atoms with Crippen LogP contribution in [0, 0.1) is 12.8 Å². The van der Waals surface area contributed by atoms with Gasteiger partial charge in [0, 0.05) is 5.56 Å². The molecule has 2 N–H and O–H groups in total. The Bertz CT molecular complexity index is 786. The molecule has 0 fully saturated rings. The van der Waals surface area contributed by atoms with Gasteiger partial charge in [-0.05, 0) is 56.2 Å². The second-order valence-electron chi connectivity index (χ2n) is 7.11. The lowest BCUT2D eigenvalue weighted by Crippen LogP contribution is -2.50. The molecule has 2 amide bonds. The minimum atomic E-state index is -0.631. The van der Waals surface area contributed by atoms with Gasteiger partial charge in [0.05, 0.1) is 13.2 Å². The average molecular weight is 399 g/mol. The maximum atomic E-state index is 12.5. The predicted octanol–water partition coefficient (Wildman–Crippen LogP) is 3.34. The molecule has 0 unspecified atom stereocenters. The van der Waals surface area contributed by atoms with Crippen molar-refractivity contribution in [1.29, 1.82) is 0 Å². The fourth-order valence-electron chi connectivity index (χ4n) is 2.72. The lowest BCUT2D eigenvalue weighted by atomic mass is 10.0. The van der Waals surface area contributed by atoms with Crippen LogP contribution in [0.4, 0.5) is 0 Å². The van der Waals surface area contributed by atoms with Gasteiger partial charge in [-0.3, -0.25) is 9.59 Å². The summed E-state index contributed by atoms with van der Waals surface area (Å²) in [6, 6.07) is 14.0. The summed E-state index contributed by atoms with van der Waals surface area (Å²) in [5.41, 5.74) is 1.64. The van der Waals surface area contributed by atoms with Gasteiger partial charge in [-0.25, -0.2) is 0 Å². The first-order chi connectivity index (χ1) is 13.9. The van der Waals surface area contributed by atoms with E-state index in [1.54, 1.807) is 24.3 Å². The van der Waals surface area contributed by atoms with Crippen LogP contribution in [0.3, 0.4) is 0 Å². The largest absolute Gasteiger partial charge is 0.494 e. The molecule has 0 spiro atoms. The first-order valence-electron chi connectivity index (χ1n) is 9.91. The molecule has 2 rings (SSSR count). The molecule has 2 aromatic rings. The first kappa shape index (κ1) is 22.3. The highest BCUT2D eigenvalue weighted by Crippen LogP contribution is 2.13. The van der Waals surface area contributed by atoms with Gasteiger partial charge in [-0.15, -0.1) is 0 Å². The van der Waals surface area contributed by atoms with E-state index in [-0.39, 0.29) is 17.7 Å². The zero-order chi connectivity index (χ0) is 21.2. The SMILES string of the molecule is CCOc1ccc(C(=O)N[C@H](C(=O)NCCOc2ccc(C)cc2)C(C)C)cc1. The van der Waals surface area contributed by atoms with Crippen molar-refractivity contribution in [3.8, 4) is 11.5 Å². The molecule has 0 bridgehead atoms. The van der Waals surface area contributed by atoms with E-state index < -0.39 is 6.04 Å². The predicted molar refractivity (Wildman–Crippen MR) is 113 cm³/mol. The van der Waals surface area contributed by atoms with Gasteiger partial charge in [0.1, 0.15) is 24.1 Å². The summed E-state index contributed by atoms with van der Waals surface area (Å²) in [6.45, 7) is 8.98. The van der Waals surface area contributed by atoms with Crippen LogP contribution in [-0.4, -0.2) is 37.6 Å². The summed E-state index contributed by atoms with van der Waals surface area (Å²) in [6.07, 6.45) is 0. The summed E-state index contributed by atoms with van der Waals surface area (Å²) >= 11 is 0. The molecule has 1 atom stereocenters. The van der Waals surface area contributed by atoms with Gasteiger partial charge < -0.3 is 20.1 Å². The van der Waals surface area contributed by atoms with Crippen molar-refractivity contribution in [1.82, 2.24) is 10.6 Å². The fourth-order valence-corrected chi connectivity index (χ4v) is 2.72. The van der Waals surface area contributed by atoms with Crippen molar-refractivity contribution in [2.45, 2.75) is 33.7 Å². The molecule has 0 aromatic heterocycles. The van der Waals surface area contributed by atoms with Gasteiger partial charge in [0.15, 0.2) is 0 Å². The number of hydrogen-bond acceptors (Lipinski definition) is 4. The van der Waals surface area contributed by atoms with Gasteiger partial charge >= 0.3 is 0 Å². The van der Waals surface area contributed by atoms with E-state index in [1.165, 1.54) is 0 Å². The van der Waals surface area contributed by atoms with E-state index in [0.29, 0.717) is 31.1 Å². The van der Waals surface area contributed by atoms with Crippen molar-refractivity contribution in [3.63, 3.8) is 0 Å². The standard InChI is InChI=1S/C23H30N2O4/c1-5-28-19-12-8-18(9-13-19)22(26)25-21(16(2)3)23(27)24-14-15-29-20-10-6-17(4)7-11-20/h6-13,16,21H,5,14-15H2,1-4H3,(H,24,27)(H,25,26)/t21-/m0/s1. The van der Waals surface area contributed by atoms with Crippen LogP contribution in [0.2, 0.25) is 0 Å². The topological polar surface area (TPSA) is 76.7 Å². The maximum absolute atomic E-state index is 12.5. The van der Waals surface area contributed by atoms with Crippen LogP contribution in [-0.2, 0) is 4.79 Å². The van der Waals surface area contributed by atoms with Crippen LogP contribution in [0.1, 0.15) is 36.7 Å². The molecule has 6 heteroatoms. The molecule has 0 saturated carbocycles. The van der Waals surface area contributed by atoms with E-state index in [0.717, 1.165) is 11.3 Å². The third kappa shape index (κ3) is 7.14. The van der Waals surface area contributed by atoms with Crippen LogP contribution in [0.5, 0.6) is 11.5 Å². The third-order valence-electron chi connectivity index (χ3n) is 4.35. The van der Waals surface area contributed by atoms with E-state index >= 15 is 0 Å². The number of benzene rings is 2. The minimum Gasteiger partial charge on any atom is -0.494 e. The maximum Gasteiger partial charge on any atom is 0.251 e. The number of carbonyl (C=O) groups is 2. The Balaban J connectivity index is 1.84. The monoisotopic (exact) mass is 398 g/mol. The molecular weight excluding hydrogens is 368 g/mol. The van der Waals surface area contributed by atoms with Crippen molar-refractivity contribution in [2.75, 3.05) is 19.8 Å². The number of carbonyl (C=O) groups excluding carboxylic acids is 2. The fraction of sp³-hybridized carbons (Fsp3) is 0.391. The Hall–Kier alpha value is -3.02. The summed E-state index contributed by atoms with van der Waals surface area (Å²) in [5, 5.41) is 5.65. The summed E-state index contributed by atoms with van der Waals surface area (Å²) in [7, 11) is 0. The Morgan fingerprint density at radius 2 is 1.52 bits per heavy atom. The number of nitrogens with one attached hydrogen (secondary N) is 2. The smallest absolute Gasteiger partial charge is 0.251 e. The highest BCUT2D eigenvalue weighted by molar-refractivity contribution is 5.97. The van der Waals surface area contributed by atoms with E-state index in [9.17, 15) is 9.59 Å². The lowest BCUT2D eigenvalue weighted by molar-refractivity contribution is -0.124. The second-order valence-corrected chi connectivity index (χ2v) is 7.11. The normalized spacial score (nSPS) is 11.6. The van der Waals surface area contributed by atoms with Gasteiger partial charge in [-0.2, -0.15) is 0 Å². The second kappa shape index (κ2) is 11.1. The first-order valence-corrected chi connectivity index (χ1v) is 9.91. The summed E-state index contributed by atoms with van der Waals surface area (Å²) < 4.78 is 11.0.